The minimum Gasteiger partial charge on any atom is -0.472 e. The predicted octanol–water partition coefficient (Wildman–Crippen LogP) is 3.45. The smallest absolute Gasteiger partial charge is 0.0947 e. The van der Waals surface area contributed by atoms with Gasteiger partial charge >= 0.3 is 0 Å². The van der Waals surface area contributed by atoms with Crippen molar-refractivity contribution in [2.45, 2.75) is 32.5 Å². The summed E-state index contributed by atoms with van der Waals surface area (Å²) >= 11 is 0. The highest BCUT2D eigenvalue weighted by Gasteiger charge is 2.17. The molecule has 0 aliphatic rings. The molecule has 1 aromatic carbocycles. The van der Waals surface area contributed by atoms with Crippen LogP contribution in [0.2, 0.25) is 0 Å². The fourth-order valence-electron chi connectivity index (χ4n) is 2.33. The lowest BCUT2D eigenvalue weighted by Gasteiger charge is -2.29. The Morgan fingerprint density at radius 3 is 2.50 bits per heavy atom. The Kier molecular flexibility index (Phi) is 5.39. The SMILES string of the molecule is CC(C)NCC(c1ccccc1)N(C)Cc1ccoc1. The monoisotopic (exact) mass is 272 g/mol. The van der Waals surface area contributed by atoms with Gasteiger partial charge in [0, 0.05) is 30.7 Å². The lowest BCUT2D eigenvalue weighted by atomic mass is 10.0. The molecule has 1 atom stereocenters. The summed E-state index contributed by atoms with van der Waals surface area (Å²) in [5, 5.41) is 3.54. The van der Waals surface area contributed by atoms with Gasteiger partial charge in [-0.15, -0.1) is 0 Å². The van der Waals surface area contributed by atoms with Gasteiger partial charge in [-0.25, -0.2) is 0 Å². The molecule has 0 spiro atoms. The minimum atomic E-state index is 0.355. The average Bonchev–Trinajstić information content (AvgIpc) is 2.92. The average molecular weight is 272 g/mol. The second-order valence-electron chi connectivity index (χ2n) is 5.54. The molecular formula is C17H24N2O. The van der Waals surface area contributed by atoms with Gasteiger partial charge in [0.2, 0.25) is 0 Å². The normalized spacial score (nSPS) is 13.1. The molecule has 0 saturated heterocycles. The van der Waals surface area contributed by atoms with E-state index in [1.54, 1.807) is 6.26 Å². The zero-order chi connectivity index (χ0) is 14.4. The molecule has 0 amide bonds. The summed E-state index contributed by atoms with van der Waals surface area (Å²) in [6, 6.07) is 13.5. The lowest BCUT2D eigenvalue weighted by molar-refractivity contribution is 0.226. The number of hydrogen-bond donors (Lipinski definition) is 1. The highest BCUT2D eigenvalue weighted by molar-refractivity contribution is 5.20. The Morgan fingerprint density at radius 1 is 1.15 bits per heavy atom. The summed E-state index contributed by atoms with van der Waals surface area (Å²) in [5.74, 6) is 0. The maximum Gasteiger partial charge on any atom is 0.0947 e. The van der Waals surface area contributed by atoms with Gasteiger partial charge in [0.1, 0.15) is 0 Å². The van der Waals surface area contributed by atoms with Crippen molar-refractivity contribution in [1.82, 2.24) is 10.2 Å². The van der Waals surface area contributed by atoms with Crippen molar-refractivity contribution in [2.24, 2.45) is 0 Å². The number of nitrogens with zero attached hydrogens (tertiary/aromatic N) is 1. The molecule has 108 valence electrons. The fraction of sp³-hybridized carbons (Fsp3) is 0.412. The van der Waals surface area contributed by atoms with Gasteiger partial charge in [0.05, 0.1) is 12.5 Å². The summed E-state index contributed by atoms with van der Waals surface area (Å²) in [6.45, 7) is 6.18. The third-order valence-electron chi connectivity index (χ3n) is 3.45. The highest BCUT2D eigenvalue weighted by atomic mass is 16.3. The van der Waals surface area contributed by atoms with E-state index in [-0.39, 0.29) is 0 Å². The van der Waals surface area contributed by atoms with Gasteiger partial charge in [-0.05, 0) is 18.7 Å². The number of furan rings is 1. The van der Waals surface area contributed by atoms with E-state index in [0.29, 0.717) is 12.1 Å². The van der Waals surface area contributed by atoms with Crippen LogP contribution < -0.4 is 5.32 Å². The molecule has 1 aromatic heterocycles. The third kappa shape index (κ3) is 4.22. The number of likely N-dealkylation sites (N-methyl/N-ethyl adjacent to an activating group) is 1. The molecule has 1 unspecified atom stereocenters. The van der Waals surface area contributed by atoms with Crippen LogP contribution in [0.3, 0.4) is 0 Å². The zero-order valence-corrected chi connectivity index (χ0v) is 12.5. The molecule has 0 fully saturated rings. The summed E-state index contributed by atoms with van der Waals surface area (Å²) in [7, 11) is 2.16. The van der Waals surface area contributed by atoms with E-state index < -0.39 is 0 Å². The molecule has 2 rings (SSSR count). The molecule has 3 nitrogen and oxygen atoms in total. The Morgan fingerprint density at radius 2 is 1.90 bits per heavy atom. The second-order valence-corrected chi connectivity index (χ2v) is 5.54. The van der Waals surface area contributed by atoms with Crippen LogP contribution in [0.1, 0.15) is 31.0 Å². The summed E-state index contributed by atoms with van der Waals surface area (Å²) in [4.78, 5) is 2.36. The van der Waals surface area contributed by atoms with Gasteiger partial charge in [0.25, 0.3) is 0 Å². The molecule has 0 bridgehead atoms. The molecule has 0 aliphatic carbocycles. The van der Waals surface area contributed by atoms with Gasteiger partial charge in [0.15, 0.2) is 0 Å². The number of hydrogen-bond acceptors (Lipinski definition) is 3. The van der Waals surface area contributed by atoms with E-state index in [9.17, 15) is 0 Å². The first kappa shape index (κ1) is 14.8. The van der Waals surface area contributed by atoms with Crippen LogP contribution >= 0.6 is 0 Å². The molecule has 0 aliphatic heterocycles. The lowest BCUT2D eigenvalue weighted by Crippen LogP contribution is -2.35. The second kappa shape index (κ2) is 7.27. The van der Waals surface area contributed by atoms with Crippen LogP contribution in [0.25, 0.3) is 0 Å². The van der Waals surface area contributed by atoms with E-state index in [0.717, 1.165) is 13.1 Å². The first-order chi connectivity index (χ1) is 9.66. The molecule has 0 radical (unpaired) electrons. The van der Waals surface area contributed by atoms with Crippen LogP contribution in [0.15, 0.2) is 53.3 Å². The maximum absolute atomic E-state index is 5.16. The standard InChI is InChI=1S/C17H24N2O/c1-14(2)18-11-17(16-7-5-4-6-8-16)19(3)12-15-9-10-20-13-15/h4-10,13-14,17-18H,11-12H2,1-3H3. The largest absolute Gasteiger partial charge is 0.472 e. The van der Waals surface area contributed by atoms with E-state index in [1.807, 2.05) is 12.3 Å². The van der Waals surface area contributed by atoms with Gasteiger partial charge in [-0.2, -0.15) is 0 Å². The van der Waals surface area contributed by atoms with Crippen molar-refractivity contribution < 1.29 is 4.42 Å². The molecule has 3 heteroatoms. The molecule has 0 saturated carbocycles. The Balaban J connectivity index is 2.08. The van der Waals surface area contributed by atoms with Crippen LogP contribution in [0.4, 0.5) is 0 Å². The molecule has 1 heterocycles. The van der Waals surface area contributed by atoms with Crippen molar-refractivity contribution in [3.05, 3.63) is 60.1 Å². The van der Waals surface area contributed by atoms with Crippen molar-refractivity contribution >= 4 is 0 Å². The Bertz CT molecular complexity index is 479. The van der Waals surface area contributed by atoms with Crippen LogP contribution in [0, 0.1) is 0 Å². The Labute approximate surface area is 121 Å². The van der Waals surface area contributed by atoms with E-state index in [2.05, 4.69) is 61.4 Å². The van der Waals surface area contributed by atoms with Gasteiger partial charge < -0.3 is 9.73 Å². The molecule has 20 heavy (non-hydrogen) atoms. The van der Waals surface area contributed by atoms with Crippen LogP contribution in [0.5, 0.6) is 0 Å². The van der Waals surface area contributed by atoms with Crippen LogP contribution in [-0.4, -0.2) is 24.5 Å². The summed E-state index contributed by atoms with van der Waals surface area (Å²) in [6.07, 6.45) is 3.54. The Hall–Kier alpha value is -1.58. The first-order valence-electron chi connectivity index (χ1n) is 7.16. The van der Waals surface area contributed by atoms with E-state index in [4.69, 9.17) is 4.42 Å². The quantitative estimate of drug-likeness (QED) is 0.837. The number of rotatable bonds is 7. The number of nitrogens with one attached hydrogen (secondary N) is 1. The zero-order valence-electron chi connectivity index (χ0n) is 12.5. The highest BCUT2D eigenvalue weighted by Crippen LogP contribution is 2.21. The van der Waals surface area contributed by atoms with E-state index in [1.165, 1.54) is 11.1 Å². The van der Waals surface area contributed by atoms with Crippen LogP contribution in [-0.2, 0) is 6.54 Å². The molecule has 2 aromatic rings. The van der Waals surface area contributed by atoms with Gasteiger partial charge in [-0.3, -0.25) is 4.90 Å². The maximum atomic E-state index is 5.16. The van der Waals surface area contributed by atoms with Gasteiger partial charge in [-0.1, -0.05) is 44.2 Å². The minimum absolute atomic E-state index is 0.355. The number of benzene rings is 1. The topological polar surface area (TPSA) is 28.4 Å². The molecular weight excluding hydrogens is 248 g/mol. The van der Waals surface area contributed by atoms with Crippen molar-refractivity contribution in [2.75, 3.05) is 13.6 Å². The summed E-state index contributed by atoms with van der Waals surface area (Å²) in [5.41, 5.74) is 2.55. The first-order valence-corrected chi connectivity index (χ1v) is 7.16. The van der Waals surface area contributed by atoms with Crippen molar-refractivity contribution in [1.29, 1.82) is 0 Å². The summed E-state index contributed by atoms with van der Waals surface area (Å²) < 4.78 is 5.16. The van der Waals surface area contributed by atoms with Crippen molar-refractivity contribution in [3.63, 3.8) is 0 Å². The van der Waals surface area contributed by atoms with E-state index >= 15 is 0 Å². The molecule has 1 N–H and O–H groups in total. The fourth-order valence-corrected chi connectivity index (χ4v) is 2.33. The predicted molar refractivity (Wildman–Crippen MR) is 82.5 cm³/mol. The third-order valence-corrected chi connectivity index (χ3v) is 3.45. The van der Waals surface area contributed by atoms with Crippen molar-refractivity contribution in [3.8, 4) is 0 Å².